The SMILES string of the molecule is SC#CCOc1ccc(Br)cc1Br. The zero-order valence-electron chi connectivity index (χ0n) is 6.55. The van der Waals surface area contributed by atoms with Crippen LogP contribution in [0.5, 0.6) is 5.75 Å². The molecule has 0 spiro atoms. The van der Waals surface area contributed by atoms with Crippen LogP contribution in [-0.2, 0) is 0 Å². The van der Waals surface area contributed by atoms with Gasteiger partial charge < -0.3 is 4.74 Å². The summed E-state index contributed by atoms with van der Waals surface area (Å²) in [6, 6.07) is 5.70. The third kappa shape index (κ3) is 3.63. The van der Waals surface area contributed by atoms with E-state index in [0.29, 0.717) is 6.61 Å². The molecule has 0 atom stereocenters. The van der Waals surface area contributed by atoms with E-state index in [9.17, 15) is 0 Å². The Morgan fingerprint density at radius 2 is 2.15 bits per heavy atom. The molecule has 0 aliphatic heterocycles. The summed E-state index contributed by atoms with van der Waals surface area (Å²) in [5, 5.41) is 2.46. The molecule has 68 valence electrons. The fourth-order valence-corrected chi connectivity index (χ4v) is 1.96. The van der Waals surface area contributed by atoms with Gasteiger partial charge in [0.2, 0.25) is 0 Å². The highest BCUT2D eigenvalue weighted by Gasteiger charge is 1.99. The Kier molecular flexibility index (Phi) is 4.71. The number of thiol groups is 1. The molecule has 0 amide bonds. The summed E-state index contributed by atoms with van der Waals surface area (Å²) in [5.74, 6) is 3.48. The van der Waals surface area contributed by atoms with Gasteiger partial charge in [0.05, 0.1) is 4.47 Å². The van der Waals surface area contributed by atoms with Crippen molar-refractivity contribution in [2.75, 3.05) is 6.61 Å². The standard InChI is InChI=1S/C9H6Br2OS/c10-7-2-3-9(8(11)6-7)12-4-1-5-13/h2-3,6,13H,4H2. The Balaban J connectivity index is 2.70. The second kappa shape index (κ2) is 5.58. The normalized spacial score (nSPS) is 8.85. The van der Waals surface area contributed by atoms with E-state index in [2.05, 4.69) is 55.7 Å². The predicted molar refractivity (Wildman–Crippen MR) is 64.1 cm³/mol. The molecule has 1 nitrogen and oxygen atoms in total. The van der Waals surface area contributed by atoms with Gasteiger partial charge in [-0.25, -0.2) is 0 Å². The molecule has 0 N–H and O–H groups in total. The Hall–Kier alpha value is -0.110. The molecular weight excluding hydrogens is 316 g/mol. The Bertz CT molecular complexity index is 354. The van der Waals surface area contributed by atoms with Crippen molar-refractivity contribution in [3.63, 3.8) is 0 Å². The van der Waals surface area contributed by atoms with Gasteiger partial charge >= 0.3 is 0 Å². The summed E-state index contributed by atoms with van der Waals surface area (Å²) in [6.45, 7) is 0.351. The molecule has 13 heavy (non-hydrogen) atoms. The van der Waals surface area contributed by atoms with E-state index in [1.165, 1.54) is 0 Å². The number of hydrogen-bond acceptors (Lipinski definition) is 2. The van der Waals surface area contributed by atoms with Crippen molar-refractivity contribution in [1.82, 2.24) is 0 Å². The van der Waals surface area contributed by atoms with Gasteiger partial charge in [0.1, 0.15) is 12.4 Å². The van der Waals surface area contributed by atoms with Gasteiger partial charge in [-0.1, -0.05) is 34.5 Å². The van der Waals surface area contributed by atoms with E-state index in [4.69, 9.17) is 4.74 Å². The first-order valence-electron chi connectivity index (χ1n) is 3.44. The Morgan fingerprint density at radius 3 is 2.77 bits per heavy atom. The van der Waals surface area contributed by atoms with Crippen molar-refractivity contribution in [3.05, 3.63) is 27.1 Å². The highest BCUT2D eigenvalue weighted by molar-refractivity contribution is 9.11. The Morgan fingerprint density at radius 1 is 1.38 bits per heavy atom. The lowest BCUT2D eigenvalue weighted by Crippen LogP contribution is -1.94. The summed E-state index contributed by atoms with van der Waals surface area (Å²) in [4.78, 5) is 0. The van der Waals surface area contributed by atoms with E-state index >= 15 is 0 Å². The Labute approximate surface area is 99.5 Å². The van der Waals surface area contributed by atoms with Gasteiger partial charge in [-0.05, 0) is 39.4 Å². The number of hydrogen-bond donors (Lipinski definition) is 1. The van der Waals surface area contributed by atoms with Crippen molar-refractivity contribution in [3.8, 4) is 16.9 Å². The molecule has 0 aliphatic rings. The van der Waals surface area contributed by atoms with Crippen molar-refractivity contribution in [1.29, 1.82) is 0 Å². The van der Waals surface area contributed by atoms with E-state index in [-0.39, 0.29) is 0 Å². The summed E-state index contributed by atoms with van der Waals surface area (Å²) in [6.07, 6.45) is 0. The van der Waals surface area contributed by atoms with E-state index in [0.717, 1.165) is 14.7 Å². The highest BCUT2D eigenvalue weighted by atomic mass is 79.9. The second-order valence-corrected chi connectivity index (χ2v) is 4.15. The van der Waals surface area contributed by atoms with Gasteiger partial charge in [0.15, 0.2) is 0 Å². The summed E-state index contributed by atoms with van der Waals surface area (Å²) < 4.78 is 7.25. The lowest BCUT2D eigenvalue weighted by atomic mass is 10.3. The van der Waals surface area contributed by atoms with Crippen LogP contribution in [0.25, 0.3) is 0 Å². The molecule has 0 radical (unpaired) electrons. The van der Waals surface area contributed by atoms with Gasteiger partial charge in [-0.2, -0.15) is 0 Å². The van der Waals surface area contributed by atoms with Crippen LogP contribution in [0.15, 0.2) is 27.1 Å². The van der Waals surface area contributed by atoms with Crippen molar-refractivity contribution >= 4 is 44.5 Å². The molecule has 0 bridgehead atoms. The van der Waals surface area contributed by atoms with Crippen LogP contribution < -0.4 is 4.74 Å². The molecule has 0 fully saturated rings. The van der Waals surface area contributed by atoms with Crippen LogP contribution in [0.2, 0.25) is 0 Å². The van der Waals surface area contributed by atoms with Crippen molar-refractivity contribution < 1.29 is 4.74 Å². The first-order chi connectivity index (χ1) is 6.24. The summed E-state index contributed by atoms with van der Waals surface area (Å²) in [7, 11) is 0. The van der Waals surface area contributed by atoms with Crippen LogP contribution in [0.3, 0.4) is 0 Å². The summed E-state index contributed by atoms with van der Waals surface area (Å²) in [5.41, 5.74) is 0. The average Bonchev–Trinajstić information content (AvgIpc) is 2.09. The average molecular weight is 322 g/mol. The van der Waals surface area contributed by atoms with Crippen molar-refractivity contribution in [2.24, 2.45) is 0 Å². The maximum Gasteiger partial charge on any atom is 0.149 e. The fraction of sp³-hybridized carbons (Fsp3) is 0.111. The number of benzene rings is 1. The minimum Gasteiger partial charge on any atom is -0.480 e. The van der Waals surface area contributed by atoms with Crippen LogP contribution in [0.4, 0.5) is 0 Å². The molecule has 0 saturated heterocycles. The van der Waals surface area contributed by atoms with Gasteiger partial charge in [-0.3, -0.25) is 0 Å². The largest absolute Gasteiger partial charge is 0.480 e. The molecule has 0 aromatic heterocycles. The highest BCUT2D eigenvalue weighted by Crippen LogP contribution is 2.27. The lowest BCUT2D eigenvalue weighted by Gasteiger charge is -2.04. The maximum absolute atomic E-state index is 5.34. The molecule has 4 heteroatoms. The molecule has 0 unspecified atom stereocenters. The quantitative estimate of drug-likeness (QED) is 0.648. The monoisotopic (exact) mass is 320 g/mol. The zero-order valence-corrected chi connectivity index (χ0v) is 10.6. The number of ether oxygens (including phenoxy) is 1. The third-order valence-corrected chi connectivity index (χ3v) is 2.54. The van der Waals surface area contributed by atoms with Crippen LogP contribution in [0, 0.1) is 11.2 Å². The molecule has 0 aliphatic carbocycles. The lowest BCUT2D eigenvalue weighted by molar-refractivity contribution is 0.368. The number of halogens is 2. The minimum absolute atomic E-state index is 0.351. The molecule has 0 saturated carbocycles. The fourth-order valence-electron chi connectivity index (χ4n) is 0.738. The summed E-state index contributed by atoms with van der Waals surface area (Å²) >= 11 is 10.5. The van der Waals surface area contributed by atoms with E-state index in [1.807, 2.05) is 18.2 Å². The van der Waals surface area contributed by atoms with Gasteiger partial charge in [-0.15, -0.1) is 0 Å². The predicted octanol–water partition coefficient (Wildman–Crippen LogP) is 3.48. The van der Waals surface area contributed by atoms with Crippen LogP contribution in [0.1, 0.15) is 0 Å². The van der Waals surface area contributed by atoms with Gasteiger partial charge in [0.25, 0.3) is 0 Å². The van der Waals surface area contributed by atoms with Crippen molar-refractivity contribution in [2.45, 2.75) is 0 Å². The van der Waals surface area contributed by atoms with Crippen LogP contribution in [-0.4, -0.2) is 6.61 Å². The first kappa shape index (κ1) is 11.0. The molecule has 1 rings (SSSR count). The van der Waals surface area contributed by atoms with Gasteiger partial charge in [0, 0.05) is 4.47 Å². The smallest absolute Gasteiger partial charge is 0.149 e. The molecule has 1 aromatic carbocycles. The third-order valence-electron chi connectivity index (χ3n) is 1.27. The van der Waals surface area contributed by atoms with E-state index in [1.54, 1.807) is 0 Å². The maximum atomic E-state index is 5.34. The second-order valence-electron chi connectivity index (χ2n) is 2.15. The zero-order chi connectivity index (χ0) is 9.68. The molecular formula is C9H6Br2OS. The minimum atomic E-state index is 0.351. The number of rotatable bonds is 2. The topological polar surface area (TPSA) is 9.23 Å². The first-order valence-corrected chi connectivity index (χ1v) is 5.47. The molecule has 1 aromatic rings. The molecule has 0 heterocycles. The van der Waals surface area contributed by atoms with E-state index < -0.39 is 0 Å². The van der Waals surface area contributed by atoms with Crippen LogP contribution >= 0.6 is 44.5 Å².